The predicted molar refractivity (Wildman–Crippen MR) is 125 cm³/mol. The summed E-state index contributed by atoms with van der Waals surface area (Å²) >= 11 is 0. The first-order valence-corrected chi connectivity index (χ1v) is 11.5. The summed E-state index contributed by atoms with van der Waals surface area (Å²) in [7, 11) is 3.35. The SMILES string of the molecule is CCn1nc(C)c(CCN(C)C(=O)C2CCCN(c3cc(=O)n(C)c(=O)n3CC)C2)c1C. The fourth-order valence-corrected chi connectivity index (χ4v) is 4.71. The van der Waals surface area contributed by atoms with Crippen LogP contribution in [-0.4, -0.2) is 56.4 Å². The summed E-state index contributed by atoms with van der Waals surface area (Å²) in [6, 6.07) is 1.51. The third-order valence-electron chi connectivity index (χ3n) is 6.69. The van der Waals surface area contributed by atoms with Crippen molar-refractivity contribution in [3.63, 3.8) is 0 Å². The molecule has 1 atom stereocenters. The van der Waals surface area contributed by atoms with E-state index < -0.39 is 0 Å². The van der Waals surface area contributed by atoms with Gasteiger partial charge in [0.15, 0.2) is 0 Å². The second-order valence-electron chi connectivity index (χ2n) is 8.69. The number of likely N-dealkylation sites (N-methyl/N-ethyl adjacent to an activating group) is 1. The maximum Gasteiger partial charge on any atom is 0.332 e. The van der Waals surface area contributed by atoms with Crippen LogP contribution in [0.25, 0.3) is 0 Å². The Kier molecular flexibility index (Phi) is 7.26. The summed E-state index contributed by atoms with van der Waals surface area (Å²) < 4.78 is 4.73. The molecule has 2 aromatic heterocycles. The maximum atomic E-state index is 13.2. The first-order chi connectivity index (χ1) is 15.2. The second-order valence-corrected chi connectivity index (χ2v) is 8.69. The molecule has 1 saturated heterocycles. The minimum atomic E-state index is -0.321. The van der Waals surface area contributed by atoms with Crippen LogP contribution in [0.3, 0.4) is 0 Å². The molecule has 0 aromatic carbocycles. The minimum absolute atomic E-state index is 0.113. The number of carbonyl (C=O) groups excluding carboxylic acids is 1. The van der Waals surface area contributed by atoms with E-state index in [4.69, 9.17) is 0 Å². The molecule has 3 heterocycles. The van der Waals surface area contributed by atoms with Gasteiger partial charge in [-0.1, -0.05) is 0 Å². The molecular weight excluding hydrogens is 408 g/mol. The lowest BCUT2D eigenvalue weighted by Gasteiger charge is -2.36. The van der Waals surface area contributed by atoms with Crippen molar-refractivity contribution in [2.75, 3.05) is 31.6 Å². The molecule has 176 valence electrons. The molecule has 1 aliphatic heterocycles. The number of amides is 1. The van der Waals surface area contributed by atoms with Gasteiger partial charge < -0.3 is 9.80 Å². The van der Waals surface area contributed by atoms with E-state index in [-0.39, 0.29) is 23.1 Å². The van der Waals surface area contributed by atoms with Crippen molar-refractivity contribution >= 4 is 11.7 Å². The first kappa shape index (κ1) is 23.8. The number of anilines is 1. The molecule has 0 radical (unpaired) electrons. The molecule has 3 rings (SSSR count). The Hall–Kier alpha value is -2.84. The smallest absolute Gasteiger partial charge is 0.332 e. The number of hydrogen-bond donors (Lipinski definition) is 0. The molecule has 0 spiro atoms. The Bertz CT molecular complexity index is 1100. The van der Waals surface area contributed by atoms with Crippen LogP contribution in [-0.2, 0) is 31.4 Å². The standard InChI is InChI=1S/C23H36N6O3/c1-7-28-20(14-21(30)26(6)23(28)32)27-12-9-10-18(15-27)22(31)25(5)13-11-19-16(3)24-29(8-2)17(19)4/h14,18H,7-13,15H2,1-6H3. The van der Waals surface area contributed by atoms with Gasteiger partial charge in [0.2, 0.25) is 5.91 Å². The molecule has 0 saturated carbocycles. The fraction of sp³-hybridized carbons (Fsp3) is 0.652. The van der Waals surface area contributed by atoms with E-state index in [9.17, 15) is 14.4 Å². The van der Waals surface area contributed by atoms with Crippen LogP contribution in [0.5, 0.6) is 0 Å². The average Bonchev–Trinajstić information content (AvgIpc) is 3.07. The average molecular weight is 445 g/mol. The summed E-state index contributed by atoms with van der Waals surface area (Å²) in [6.07, 6.45) is 2.44. The largest absolute Gasteiger partial charge is 0.357 e. The van der Waals surface area contributed by atoms with Gasteiger partial charge in [-0.2, -0.15) is 5.10 Å². The van der Waals surface area contributed by atoms with Gasteiger partial charge >= 0.3 is 5.69 Å². The minimum Gasteiger partial charge on any atom is -0.357 e. The van der Waals surface area contributed by atoms with E-state index in [2.05, 4.69) is 18.9 Å². The molecule has 1 aliphatic rings. The number of carbonyl (C=O) groups is 1. The zero-order valence-corrected chi connectivity index (χ0v) is 20.2. The number of nitrogens with zero attached hydrogens (tertiary/aromatic N) is 6. The predicted octanol–water partition coefficient (Wildman–Crippen LogP) is 1.32. The van der Waals surface area contributed by atoms with Gasteiger partial charge in [0, 0.05) is 58.6 Å². The van der Waals surface area contributed by atoms with Crippen LogP contribution >= 0.6 is 0 Å². The fourth-order valence-electron chi connectivity index (χ4n) is 4.71. The third kappa shape index (κ3) is 4.52. The third-order valence-corrected chi connectivity index (χ3v) is 6.69. The Morgan fingerprint density at radius 1 is 1.22 bits per heavy atom. The Labute approximate surface area is 189 Å². The molecule has 2 aromatic rings. The van der Waals surface area contributed by atoms with Gasteiger partial charge in [-0.3, -0.25) is 23.4 Å². The van der Waals surface area contributed by atoms with E-state index in [1.807, 2.05) is 35.4 Å². The highest BCUT2D eigenvalue weighted by Crippen LogP contribution is 2.23. The van der Waals surface area contributed by atoms with Crippen LogP contribution in [0.1, 0.15) is 43.6 Å². The van der Waals surface area contributed by atoms with E-state index in [1.54, 1.807) is 4.57 Å². The lowest BCUT2D eigenvalue weighted by atomic mass is 9.96. The monoisotopic (exact) mass is 444 g/mol. The Balaban J connectivity index is 1.72. The number of aryl methyl sites for hydroxylation is 2. The molecule has 1 unspecified atom stereocenters. The zero-order chi connectivity index (χ0) is 23.6. The lowest BCUT2D eigenvalue weighted by molar-refractivity contribution is -0.134. The Morgan fingerprint density at radius 3 is 2.56 bits per heavy atom. The van der Waals surface area contributed by atoms with Gasteiger partial charge in [-0.25, -0.2) is 4.79 Å². The summed E-state index contributed by atoms with van der Waals surface area (Å²) in [5.74, 6) is 0.569. The molecule has 1 amide bonds. The number of rotatable bonds is 7. The molecule has 0 N–H and O–H groups in total. The second kappa shape index (κ2) is 9.75. The lowest BCUT2D eigenvalue weighted by Crippen LogP contribution is -2.47. The van der Waals surface area contributed by atoms with E-state index in [0.717, 1.165) is 48.3 Å². The normalized spacial score (nSPS) is 16.4. The van der Waals surface area contributed by atoms with Crippen molar-refractivity contribution in [2.45, 2.75) is 60.0 Å². The van der Waals surface area contributed by atoms with Gasteiger partial charge in [-0.05, 0) is 52.5 Å². The van der Waals surface area contributed by atoms with Crippen LogP contribution in [0, 0.1) is 19.8 Å². The zero-order valence-electron chi connectivity index (χ0n) is 20.2. The van der Waals surface area contributed by atoms with Gasteiger partial charge in [0.1, 0.15) is 5.82 Å². The van der Waals surface area contributed by atoms with Crippen LogP contribution in [0.15, 0.2) is 15.7 Å². The quantitative estimate of drug-likeness (QED) is 0.643. The highest BCUT2D eigenvalue weighted by Gasteiger charge is 2.29. The Morgan fingerprint density at radius 2 is 1.94 bits per heavy atom. The summed E-state index contributed by atoms with van der Waals surface area (Å²) in [4.78, 5) is 41.8. The number of hydrogen-bond acceptors (Lipinski definition) is 5. The number of piperidine rings is 1. The summed E-state index contributed by atoms with van der Waals surface area (Å²) in [5.41, 5.74) is 2.76. The maximum absolute atomic E-state index is 13.2. The molecule has 0 aliphatic carbocycles. The number of aromatic nitrogens is 4. The van der Waals surface area contributed by atoms with E-state index in [1.165, 1.54) is 18.7 Å². The first-order valence-electron chi connectivity index (χ1n) is 11.5. The van der Waals surface area contributed by atoms with Crippen LogP contribution in [0.4, 0.5) is 5.82 Å². The highest BCUT2D eigenvalue weighted by molar-refractivity contribution is 5.79. The van der Waals surface area contributed by atoms with Crippen molar-refractivity contribution < 1.29 is 4.79 Å². The van der Waals surface area contributed by atoms with Crippen LogP contribution in [0.2, 0.25) is 0 Å². The molecule has 9 heteroatoms. The summed E-state index contributed by atoms with van der Waals surface area (Å²) in [6.45, 7) is 11.3. The van der Waals surface area contributed by atoms with Crippen LogP contribution < -0.4 is 16.1 Å². The molecule has 1 fully saturated rings. The van der Waals surface area contributed by atoms with Gasteiger partial charge in [0.25, 0.3) is 5.56 Å². The van der Waals surface area contributed by atoms with Gasteiger partial charge in [0.05, 0.1) is 11.6 Å². The van der Waals surface area contributed by atoms with Crippen molar-refractivity contribution in [2.24, 2.45) is 13.0 Å². The molecule has 0 bridgehead atoms. The molecule has 9 nitrogen and oxygen atoms in total. The summed E-state index contributed by atoms with van der Waals surface area (Å²) in [5, 5.41) is 4.57. The van der Waals surface area contributed by atoms with Crippen molar-refractivity contribution in [1.82, 2.24) is 23.8 Å². The highest BCUT2D eigenvalue weighted by atomic mass is 16.2. The molecule has 32 heavy (non-hydrogen) atoms. The topological polar surface area (TPSA) is 85.4 Å². The van der Waals surface area contributed by atoms with Crippen molar-refractivity contribution in [3.8, 4) is 0 Å². The van der Waals surface area contributed by atoms with Gasteiger partial charge in [-0.15, -0.1) is 0 Å². The van der Waals surface area contributed by atoms with Crippen molar-refractivity contribution in [1.29, 1.82) is 0 Å². The van der Waals surface area contributed by atoms with E-state index >= 15 is 0 Å². The van der Waals surface area contributed by atoms with E-state index in [0.29, 0.717) is 25.5 Å². The molecular formula is C23H36N6O3. The van der Waals surface area contributed by atoms with Crippen molar-refractivity contribution in [3.05, 3.63) is 43.9 Å².